The van der Waals surface area contributed by atoms with Crippen molar-refractivity contribution in [2.45, 2.75) is 31.3 Å². The number of halogens is 2. The minimum Gasteiger partial charge on any atom is -0.459 e. The standard InChI is InChI=1S/C11H13BrFNO4S/c1-3-6(2)18-11(15)8-4-7(13)5-9(10(8)12)19(14,16)17/h4-6H,3H2,1-2H3,(H2,14,16,17). The Morgan fingerprint density at radius 3 is 2.58 bits per heavy atom. The molecule has 1 rings (SSSR count). The van der Waals surface area contributed by atoms with Gasteiger partial charge in [0, 0.05) is 0 Å². The summed E-state index contributed by atoms with van der Waals surface area (Å²) in [5.41, 5.74) is -0.218. The second kappa shape index (κ2) is 5.98. The molecule has 8 heteroatoms. The molecule has 106 valence electrons. The van der Waals surface area contributed by atoms with E-state index in [0.29, 0.717) is 6.42 Å². The van der Waals surface area contributed by atoms with Crippen LogP contribution in [0.5, 0.6) is 0 Å². The van der Waals surface area contributed by atoms with Gasteiger partial charge in [-0.3, -0.25) is 0 Å². The third kappa shape index (κ3) is 3.99. The molecule has 0 heterocycles. The molecule has 0 aromatic heterocycles. The zero-order valence-electron chi connectivity index (χ0n) is 10.3. The molecule has 5 nitrogen and oxygen atoms in total. The van der Waals surface area contributed by atoms with Crippen molar-refractivity contribution in [1.82, 2.24) is 0 Å². The second-order valence-corrected chi connectivity index (χ2v) is 6.26. The lowest BCUT2D eigenvalue weighted by Crippen LogP contribution is -2.18. The first-order valence-electron chi connectivity index (χ1n) is 5.39. The molecule has 0 amide bonds. The average molecular weight is 354 g/mol. The number of rotatable bonds is 4. The Hall–Kier alpha value is -0.990. The van der Waals surface area contributed by atoms with Crippen LogP contribution >= 0.6 is 15.9 Å². The number of sulfonamides is 1. The quantitative estimate of drug-likeness (QED) is 0.840. The van der Waals surface area contributed by atoms with Crippen molar-refractivity contribution in [2.24, 2.45) is 5.14 Å². The Morgan fingerprint density at radius 2 is 2.11 bits per heavy atom. The summed E-state index contributed by atoms with van der Waals surface area (Å²) < 4.78 is 40.9. The molecule has 0 saturated carbocycles. The fourth-order valence-electron chi connectivity index (χ4n) is 1.25. The van der Waals surface area contributed by atoms with Gasteiger partial charge in [0.25, 0.3) is 0 Å². The molecule has 0 aliphatic carbocycles. The lowest BCUT2D eigenvalue weighted by atomic mass is 10.2. The lowest BCUT2D eigenvalue weighted by molar-refractivity contribution is 0.0332. The SMILES string of the molecule is CCC(C)OC(=O)c1cc(F)cc(S(N)(=O)=O)c1Br. The van der Waals surface area contributed by atoms with E-state index < -0.39 is 26.7 Å². The van der Waals surface area contributed by atoms with Gasteiger partial charge in [-0.25, -0.2) is 22.7 Å². The second-order valence-electron chi connectivity index (χ2n) is 3.93. The molecule has 0 saturated heterocycles. The molecule has 0 aliphatic rings. The van der Waals surface area contributed by atoms with Crippen molar-refractivity contribution in [3.8, 4) is 0 Å². The Bertz CT molecular complexity index is 603. The van der Waals surface area contributed by atoms with E-state index in [2.05, 4.69) is 15.9 Å². The third-order valence-corrected chi connectivity index (χ3v) is 4.47. The summed E-state index contributed by atoms with van der Waals surface area (Å²) in [7, 11) is -4.14. The highest BCUT2D eigenvalue weighted by molar-refractivity contribution is 9.10. The van der Waals surface area contributed by atoms with Crippen LogP contribution in [0.25, 0.3) is 0 Å². The molecule has 0 aliphatic heterocycles. The van der Waals surface area contributed by atoms with E-state index >= 15 is 0 Å². The first-order chi connectivity index (χ1) is 8.66. The van der Waals surface area contributed by atoms with Gasteiger partial charge in [-0.15, -0.1) is 0 Å². The van der Waals surface area contributed by atoms with Gasteiger partial charge in [0.1, 0.15) is 5.82 Å². The Balaban J connectivity index is 3.30. The van der Waals surface area contributed by atoms with Crippen molar-refractivity contribution < 1.29 is 22.3 Å². The summed E-state index contributed by atoms with van der Waals surface area (Å²) in [6.07, 6.45) is 0.223. The van der Waals surface area contributed by atoms with Crippen molar-refractivity contribution in [3.05, 3.63) is 28.0 Å². The van der Waals surface area contributed by atoms with Gasteiger partial charge in [-0.2, -0.15) is 0 Å². The molecule has 0 radical (unpaired) electrons. The molecule has 1 aromatic rings. The molecule has 0 spiro atoms. The summed E-state index contributed by atoms with van der Waals surface area (Å²) in [4.78, 5) is 11.3. The smallest absolute Gasteiger partial charge is 0.339 e. The molecule has 2 N–H and O–H groups in total. The van der Waals surface area contributed by atoms with E-state index in [1.165, 1.54) is 0 Å². The van der Waals surface area contributed by atoms with E-state index in [1.807, 2.05) is 6.92 Å². The van der Waals surface area contributed by atoms with Crippen molar-refractivity contribution in [3.63, 3.8) is 0 Å². The van der Waals surface area contributed by atoms with Crippen molar-refractivity contribution in [1.29, 1.82) is 0 Å². The number of primary sulfonamides is 1. The molecule has 0 bridgehead atoms. The van der Waals surface area contributed by atoms with Gasteiger partial charge in [0.15, 0.2) is 0 Å². The van der Waals surface area contributed by atoms with Gasteiger partial charge >= 0.3 is 5.97 Å². The van der Waals surface area contributed by atoms with Gasteiger partial charge in [-0.1, -0.05) is 6.92 Å². The topological polar surface area (TPSA) is 86.5 Å². The van der Waals surface area contributed by atoms with E-state index in [1.54, 1.807) is 6.92 Å². The summed E-state index contributed by atoms with van der Waals surface area (Å²) >= 11 is 2.94. The molecule has 1 unspecified atom stereocenters. The first-order valence-corrected chi connectivity index (χ1v) is 7.73. The molecular weight excluding hydrogens is 341 g/mol. The normalized spacial score (nSPS) is 13.1. The predicted molar refractivity (Wildman–Crippen MR) is 70.6 cm³/mol. The van der Waals surface area contributed by atoms with Crippen LogP contribution < -0.4 is 5.14 Å². The monoisotopic (exact) mass is 353 g/mol. The van der Waals surface area contributed by atoms with Crippen LogP contribution in [-0.4, -0.2) is 20.5 Å². The predicted octanol–water partition coefficient (Wildman–Crippen LogP) is 2.19. The minimum atomic E-state index is -4.14. The van der Waals surface area contributed by atoms with Crippen LogP contribution in [-0.2, 0) is 14.8 Å². The highest BCUT2D eigenvalue weighted by atomic mass is 79.9. The van der Waals surface area contributed by atoms with Crippen LogP contribution in [0.2, 0.25) is 0 Å². The van der Waals surface area contributed by atoms with E-state index in [9.17, 15) is 17.6 Å². The maximum Gasteiger partial charge on any atom is 0.339 e. The highest BCUT2D eigenvalue weighted by Gasteiger charge is 2.23. The maximum absolute atomic E-state index is 13.4. The fraction of sp³-hybridized carbons (Fsp3) is 0.364. The maximum atomic E-state index is 13.4. The van der Waals surface area contributed by atoms with Gasteiger partial charge in [0.05, 0.1) is 21.0 Å². The zero-order chi connectivity index (χ0) is 14.8. The highest BCUT2D eigenvalue weighted by Crippen LogP contribution is 2.27. The Morgan fingerprint density at radius 1 is 1.53 bits per heavy atom. The number of carbonyl (C=O) groups is 1. The Kier molecular flexibility index (Phi) is 5.05. The summed E-state index contributed by atoms with van der Waals surface area (Å²) in [5, 5.41) is 4.95. The number of benzene rings is 1. The number of hydrogen-bond acceptors (Lipinski definition) is 4. The van der Waals surface area contributed by atoms with Crippen molar-refractivity contribution in [2.75, 3.05) is 0 Å². The van der Waals surface area contributed by atoms with Gasteiger partial charge in [0.2, 0.25) is 10.0 Å². The number of nitrogens with two attached hydrogens (primary N) is 1. The van der Waals surface area contributed by atoms with Crippen LogP contribution in [0.15, 0.2) is 21.5 Å². The zero-order valence-corrected chi connectivity index (χ0v) is 12.7. The first kappa shape index (κ1) is 16.1. The molecule has 1 aromatic carbocycles. The van der Waals surface area contributed by atoms with Crippen LogP contribution in [0.3, 0.4) is 0 Å². The van der Waals surface area contributed by atoms with Gasteiger partial charge in [-0.05, 0) is 41.4 Å². The van der Waals surface area contributed by atoms with E-state index in [0.717, 1.165) is 12.1 Å². The number of ether oxygens (including phenoxy) is 1. The summed E-state index contributed by atoms with van der Waals surface area (Å²) in [6.45, 7) is 3.49. The minimum absolute atomic E-state index is 0.107. The number of esters is 1. The van der Waals surface area contributed by atoms with E-state index in [-0.39, 0.29) is 16.1 Å². The average Bonchev–Trinajstić information content (AvgIpc) is 2.29. The van der Waals surface area contributed by atoms with Crippen LogP contribution in [0.1, 0.15) is 30.6 Å². The number of carbonyl (C=O) groups excluding carboxylic acids is 1. The summed E-state index contributed by atoms with van der Waals surface area (Å²) in [6, 6.07) is 1.63. The van der Waals surface area contributed by atoms with E-state index in [4.69, 9.17) is 9.88 Å². The third-order valence-electron chi connectivity index (χ3n) is 2.41. The van der Waals surface area contributed by atoms with Crippen LogP contribution in [0.4, 0.5) is 4.39 Å². The lowest BCUT2D eigenvalue weighted by Gasteiger charge is -2.13. The molecular formula is C11H13BrFNO4S. The molecule has 19 heavy (non-hydrogen) atoms. The molecule has 0 fully saturated rings. The Labute approximate surface area is 119 Å². The molecule has 1 atom stereocenters. The number of hydrogen-bond donors (Lipinski definition) is 1. The fourth-order valence-corrected chi connectivity index (χ4v) is 2.95. The van der Waals surface area contributed by atoms with Crippen LogP contribution in [0, 0.1) is 5.82 Å². The van der Waals surface area contributed by atoms with Crippen molar-refractivity contribution >= 4 is 31.9 Å². The largest absolute Gasteiger partial charge is 0.459 e. The van der Waals surface area contributed by atoms with Gasteiger partial charge < -0.3 is 4.74 Å². The summed E-state index contributed by atoms with van der Waals surface area (Å²) in [5.74, 6) is -1.70.